The third kappa shape index (κ3) is 11.4. The molecule has 0 radical (unpaired) electrons. The fourth-order valence-electron chi connectivity index (χ4n) is 0. The summed E-state index contributed by atoms with van der Waals surface area (Å²) in [6, 6.07) is 0. The van der Waals surface area contributed by atoms with Gasteiger partial charge in [0, 0.05) is 0 Å². The summed E-state index contributed by atoms with van der Waals surface area (Å²) in [5.74, 6) is 0. The fraction of sp³-hybridized carbons (Fsp3) is 0. The first kappa shape index (κ1) is 8.91. The second-order valence-electron chi connectivity index (χ2n) is 0. The Morgan fingerprint density at radius 2 is 1.25 bits per heavy atom. The topological polar surface area (TPSA) is 34.1 Å². The van der Waals surface area contributed by atoms with E-state index in [1.54, 1.807) is 0 Å². The fourth-order valence-corrected chi connectivity index (χ4v) is 0. The zero-order valence-corrected chi connectivity index (χ0v) is 7.12. The summed E-state index contributed by atoms with van der Waals surface area (Å²) in [7, 11) is 0. The van der Waals surface area contributed by atoms with Gasteiger partial charge in [-0.2, -0.15) is 0 Å². The second-order valence-corrected chi connectivity index (χ2v) is 0. The molecule has 0 heterocycles. The monoisotopic (exact) mass is 306 g/mol. The van der Waals surface area contributed by atoms with Gasteiger partial charge in [-0.3, -0.25) is 0 Å². The van der Waals surface area contributed by atoms with Gasteiger partial charge in [0.2, 0.25) is 0 Å². The predicted octanol–water partition coefficient (Wildman–Crippen LogP) is -0.243. The molecule has 0 aromatic rings. The zero-order chi connectivity index (χ0) is 4.00. The average molecular weight is 306 g/mol. The molecule has 0 aliphatic carbocycles. The van der Waals surface area contributed by atoms with Crippen molar-refractivity contribution in [3.8, 4) is 0 Å². The van der Waals surface area contributed by atoms with Crippen molar-refractivity contribution in [3.05, 3.63) is 0 Å². The van der Waals surface area contributed by atoms with Gasteiger partial charge in [0.15, 0.2) is 0 Å². The second kappa shape index (κ2) is 33.2. The predicted molar refractivity (Wildman–Crippen MR) is 1.37 cm³/mol. The average Bonchev–Trinajstić information content (AvgIpc) is 1.50. The van der Waals surface area contributed by atoms with E-state index in [1.807, 2.05) is 0 Å². The van der Waals surface area contributed by atoms with Crippen molar-refractivity contribution in [1.29, 1.82) is 0 Å². The van der Waals surface area contributed by atoms with E-state index in [0.717, 1.165) is 0 Å². The van der Waals surface area contributed by atoms with Crippen LogP contribution in [0, 0.1) is 0 Å². The molecule has 0 aliphatic rings. The van der Waals surface area contributed by atoms with Crippen LogP contribution in [-0.2, 0) is 48.6 Å². The Balaban J connectivity index is 0. The minimum atomic E-state index is 0.194. The Morgan fingerprint density at radius 3 is 1.25 bits per heavy atom. The van der Waals surface area contributed by atoms with Gasteiger partial charge in [-0.05, 0) is 0 Å². The molecule has 4 heavy (non-hydrogen) atoms. The standard InChI is InChI=1S/Nb.2O.Ta. The molecule has 22 valence electrons. The maximum absolute atomic E-state index is 8.36. The molecule has 0 fully saturated rings. The van der Waals surface area contributed by atoms with Crippen molar-refractivity contribution in [2.45, 2.75) is 0 Å². The molecule has 0 unspecified atom stereocenters. The molecule has 0 spiro atoms. The molecule has 0 N–H and O–H groups in total. The van der Waals surface area contributed by atoms with Gasteiger partial charge in [0.1, 0.15) is 0 Å². The zero-order valence-electron chi connectivity index (χ0n) is 1.71. The summed E-state index contributed by atoms with van der Waals surface area (Å²) in [4.78, 5) is 0. The van der Waals surface area contributed by atoms with Crippen LogP contribution in [0.3, 0.4) is 0 Å². The van der Waals surface area contributed by atoms with Crippen LogP contribution in [0.25, 0.3) is 0 Å². The Bertz CT molecular complexity index is 8.00. The van der Waals surface area contributed by atoms with E-state index in [-0.39, 0.29) is 21.0 Å². The molecule has 0 atom stereocenters. The first-order valence-corrected chi connectivity index (χ1v) is 2.57. The number of hydrogen-bond acceptors (Lipinski definition) is 2. The van der Waals surface area contributed by atoms with Crippen molar-refractivity contribution in [3.63, 3.8) is 0 Å². The molecule has 4 heteroatoms. The summed E-state index contributed by atoms with van der Waals surface area (Å²) in [5.41, 5.74) is 0. The van der Waals surface area contributed by atoms with E-state index in [2.05, 4.69) is 0 Å². The number of rotatable bonds is 0. The molecular weight excluding hydrogens is 306 g/mol. The maximum atomic E-state index is 8.36. The van der Waals surface area contributed by atoms with E-state index >= 15 is 0 Å². The van der Waals surface area contributed by atoms with E-state index in [4.69, 9.17) is 6.50 Å². The van der Waals surface area contributed by atoms with Crippen LogP contribution >= 0.6 is 0 Å². The van der Waals surface area contributed by atoms with E-state index in [9.17, 15) is 0 Å². The van der Waals surface area contributed by atoms with Crippen molar-refractivity contribution in [2.24, 2.45) is 0 Å². The molecule has 0 aromatic carbocycles. The van der Waals surface area contributed by atoms with Gasteiger partial charge in [-0.15, -0.1) is 0 Å². The van der Waals surface area contributed by atoms with Crippen molar-refractivity contribution in [2.75, 3.05) is 0 Å². The summed E-state index contributed by atoms with van der Waals surface area (Å²) >= 11 is 0.694. The van der Waals surface area contributed by atoms with Gasteiger partial charge in [0.05, 0.1) is 0 Å². The molecule has 0 bridgehead atoms. The third-order valence-corrected chi connectivity index (χ3v) is 0. The minimum absolute atomic E-state index is 0.194. The molecule has 0 saturated heterocycles. The van der Waals surface area contributed by atoms with Gasteiger partial charge in [0.25, 0.3) is 0 Å². The Labute approximate surface area is 48.5 Å². The molecule has 0 aromatic heterocycles. The van der Waals surface area contributed by atoms with Crippen LogP contribution in [0.4, 0.5) is 0 Å². The van der Waals surface area contributed by atoms with Gasteiger partial charge in [-0.25, -0.2) is 0 Å². The Hall–Kier alpha value is 1.08. The van der Waals surface area contributed by atoms with Crippen LogP contribution in [0.15, 0.2) is 0 Å². The van der Waals surface area contributed by atoms with Gasteiger partial charge in [-0.1, -0.05) is 0 Å². The number of hydrogen-bond donors (Lipinski definition) is 0. The van der Waals surface area contributed by atoms with Crippen LogP contribution in [-0.4, -0.2) is 0 Å². The van der Waals surface area contributed by atoms with Crippen LogP contribution < -0.4 is 0 Å². The molecule has 0 aliphatic heterocycles. The van der Waals surface area contributed by atoms with Crippen LogP contribution in [0.1, 0.15) is 0 Å². The SMILES string of the molecule is [O]=[Nb].[O]=[Ta]. The van der Waals surface area contributed by atoms with Crippen molar-refractivity contribution >= 4 is 0 Å². The van der Waals surface area contributed by atoms with E-state index in [1.165, 1.54) is 0 Å². The first-order chi connectivity index (χ1) is 2.00. The Kier molecular flexibility index (Phi) is 73.9. The van der Waals surface area contributed by atoms with E-state index in [0.29, 0.717) is 21.0 Å². The molecule has 0 rings (SSSR count). The van der Waals surface area contributed by atoms with Gasteiger partial charge < -0.3 is 0 Å². The molecular formula is NbO2Ta. The molecule has 2 nitrogen and oxygen atoms in total. The van der Waals surface area contributed by atoms with Crippen LogP contribution in [0.5, 0.6) is 0 Å². The third-order valence-electron chi connectivity index (χ3n) is 0. The van der Waals surface area contributed by atoms with Crippen molar-refractivity contribution < 1.29 is 48.6 Å². The summed E-state index contributed by atoms with van der Waals surface area (Å²) in [6.45, 7) is 0. The summed E-state index contributed by atoms with van der Waals surface area (Å²) in [6.07, 6.45) is 0. The summed E-state index contributed by atoms with van der Waals surface area (Å²) < 4.78 is 16.7. The van der Waals surface area contributed by atoms with Crippen LogP contribution in [0.2, 0.25) is 0 Å². The van der Waals surface area contributed by atoms with Gasteiger partial charge >= 0.3 is 48.6 Å². The first-order valence-electron chi connectivity index (χ1n) is 0.365. The van der Waals surface area contributed by atoms with Crippen molar-refractivity contribution in [1.82, 2.24) is 0 Å². The normalized spacial score (nSPS) is 1.50. The molecule has 0 saturated carbocycles. The Morgan fingerprint density at radius 1 is 1.25 bits per heavy atom. The van der Waals surface area contributed by atoms with E-state index < -0.39 is 0 Å². The molecule has 0 amide bonds. The summed E-state index contributed by atoms with van der Waals surface area (Å²) in [5, 5.41) is 0. The quantitative estimate of drug-likeness (QED) is 0.579.